The number of rotatable bonds is 10. The average Bonchev–Trinajstić information content (AvgIpc) is 3.62. The van der Waals surface area contributed by atoms with Crippen LogP contribution in [0.1, 0.15) is 50.9 Å². The summed E-state index contributed by atoms with van der Waals surface area (Å²) in [5.74, 6) is 0.931. The summed E-state index contributed by atoms with van der Waals surface area (Å²) in [6.07, 6.45) is 3.13. The van der Waals surface area contributed by atoms with Gasteiger partial charge in [-0.15, -0.1) is 10.2 Å². The molecule has 222 valence electrons. The predicted octanol–water partition coefficient (Wildman–Crippen LogP) is 3.05. The van der Waals surface area contributed by atoms with Crippen LogP contribution in [0.15, 0.2) is 30.6 Å². The zero-order chi connectivity index (χ0) is 29.1. The molecule has 0 unspecified atom stereocenters. The normalized spacial score (nSPS) is 21.4. The van der Waals surface area contributed by atoms with Crippen molar-refractivity contribution in [3.8, 4) is 17.2 Å². The molecule has 2 fully saturated rings. The molecule has 3 atom stereocenters. The van der Waals surface area contributed by atoms with Crippen molar-refractivity contribution in [3.63, 3.8) is 0 Å². The Morgan fingerprint density at radius 3 is 2.41 bits per heavy atom. The minimum Gasteiger partial charge on any atom is -0.494 e. The fourth-order valence-corrected chi connectivity index (χ4v) is 7.09. The van der Waals surface area contributed by atoms with Crippen LogP contribution in [0.3, 0.4) is 0 Å². The second-order valence-corrected chi connectivity index (χ2v) is 12.7. The molecule has 41 heavy (non-hydrogen) atoms. The highest BCUT2D eigenvalue weighted by Gasteiger charge is 2.39. The highest BCUT2D eigenvalue weighted by Crippen LogP contribution is 2.38. The molecule has 2 aliphatic heterocycles. The van der Waals surface area contributed by atoms with Gasteiger partial charge in [0.2, 0.25) is 5.95 Å². The second-order valence-electron chi connectivity index (χ2n) is 10.4. The lowest BCUT2D eigenvalue weighted by molar-refractivity contribution is 0.00143. The summed E-state index contributed by atoms with van der Waals surface area (Å²) < 4.78 is 66.6. The number of aromatic nitrogens is 5. The van der Waals surface area contributed by atoms with Crippen LogP contribution in [0, 0.1) is 5.82 Å². The van der Waals surface area contributed by atoms with Crippen LogP contribution >= 0.6 is 0 Å². The molecule has 14 heteroatoms. The summed E-state index contributed by atoms with van der Waals surface area (Å²) in [7, 11) is -0.760. The van der Waals surface area contributed by atoms with E-state index in [4.69, 9.17) is 18.9 Å². The first-order valence-corrected chi connectivity index (χ1v) is 15.3. The van der Waals surface area contributed by atoms with E-state index in [-0.39, 0.29) is 36.9 Å². The Labute approximate surface area is 238 Å². The van der Waals surface area contributed by atoms with Crippen LogP contribution in [0.4, 0.5) is 10.3 Å². The van der Waals surface area contributed by atoms with E-state index >= 15 is 0 Å². The first-order chi connectivity index (χ1) is 19.7. The summed E-state index contributed by atoms with van der Waals surface area (Å²) >= 11 is 0. The molecular formula is C27H35FN6O6S. The maximum Gasteiger partial charge on any atom is 0.225 e. The summed E-state index contributed by atoms with van der Waals surface area (Å²) in [5.41, 5.74) is 0.504. The lowest BCUT2D eigenvalue weighted by atomic mass is 10.1. The topological polar surface area (TPSA) is 131 Å². The molecule has 0 amide bonds. The standard InChI is InChI=1S/C27H35FN6O6S/c1-17(2)40-19-11-20(15-33(14-19)27-29-12-18(28)13-30-27)41(35,36)16-24-31-32-26(23-9-6-10-39-23)34(24)25-21(37-3)7-5-8-22(25)38-4/h5,7-8,12-13,17,19-20,23H,6,9-11,14-16H2,1-4H3/t19-,20-,23-/m0/s1. The molecule has 1 aromatic carbocycles. The number of halogens is 1. The van der Waals surface area contributed by atoms with Crippen molar-refractivity contribution >= 4 is 15.8 Å². The lowest BCUT2D eigenvalue weighted by Gasteiger charge is -2.38. The first kappa shape index (κ1) is 29.1. The fourth-order valence-electron chi connectivity index (χ4n) is 5.39. The average molecular weight is 591 g/mol. The number of benzene rings is 1. The molecular weight excluding hydrogens is 555 g/mol. The van der Waals surface area contributed by atoms with Crippen molar-refractivity contribution in [1.82, 2.24) is 24.7 Å². The van der Waals surface area contributed by atoms with Gasteiger partial charge < -0.3 is 23.8 Å². The van der Waals surface area contributed by atoms with Gasteiger partial charge in [-0.3, -0.25) is 4.57 Å². The summed E-state index contributed by atoms with van der Waals surface area (Å²) in [6, 6.07) is 5.33. The monoisotopic (exact) mass is 590 g/mol. The highest BCUT2D eigenvalue weighted by atomic mass is 32.2. The van der Waals surface area contributed by atoms with Gasteiger partial charge in [-0.2, -0.15) is 0 Å². The number of sulfone groups is 1. The molecule has 2 aromatic heterocycles. The number of nitrogens with zero attached hydrogens (tertiary/aromatic N) is 6. The van der Waals surface area contributed by atoms with E-state index < -0.39 is 32.8 Å². The third kappa shape index (κ3) is 6.28. The van der Waals surface area contributed by atoms with E-state index in [9.17, 15) is 12.8 Å². The molecule has 0 spiro atoms. The Bertz CT molecular complexity index is 1420. The zero-order valence-corrected chi connectivity index (χ0v) is 24.4. The van der Waals surface area contributed by atoms with Gasteiger partial charge in [-0.05, 0) is 45.2 Å². The molecule has 2 aliphatic rings. The molecule has 0 bridgehead atoms. The maximum atomic E-state index is 14.1. The number of piperidine rings is 1. The first-order valence-electron chi connectivity index (χ1n) is 13.6. The van der Waals surface area contributed by atoms with E-state index in [1.54, 1.807) is 27.7 Å². The van der Waals surface area contributed by atoms with Gasteiger partial charge in [0.05, 0.1) is 44.1 Å². The number of para-hydroxylation sites is 1. The second kappa shape index (κ2) is 12.2. The van der Waals surface area contributed by atoms with E-state index in [0.29, 0.717) is 36.2 Å². The van der Waals surface area contributed by atoms with Gasteiger partial charge >= 0.3 is 0 Å². The lowest BCUT2D eigenvalue weighted by Crippen LogP contribution is -2.51. The summed E-state index contributed by atoms with van der Waals surface area (Å²) in [4.78, 5) is 9.88. The predicted molar refractivity (Wildman–Crippen MR) is 148 cm³/mol. The van der Waals surface area contributed by atoms with Crippen LogP contribution in [0.2, 0.25) is 0 Å². The Morgan fingerprint density at radius 1 is 1.10 bits per heavy atom. The van der Waals surface area contributed by atoms with Crippen LogP contribution in [-0.4, -0.2) is 84.5 Å². The van der Waals surface area contributed by atoms with Gasteiger partial charge in [-0.25, -0.2) is 22.8 Å². The van der Waals surface area contributed by atoms with Gasteiger partial charge in [0.25, 0.3) is 0 Å². The number of anilines is 1. The van der Waals surface area contributed by atoms with Crippen LogP contribution in [-0.2, 0) is 25.1 Å². The number of hydrogen-bond donors (Lipinski definition) is 0. The van der Waals surface area contributed by atoms with Gasteiger partial charge in [0, 0.05) is 19.7 Å². The minimum atomic E-state index is -3.83. The minimum absolute atomic E-state index is 0.118. The number of methoxy groups -OCH3 is 2. The van der Waals surface area contributed by atoms with Crippen molar-refractivity contribution < 1.29 is 31.8 Å². The Hall–Kier alpha value is -3.36. The summed E-state index contributed by atoms with van der Waals surface area (Å²) in [5, 5.41) is 7.93. The van der Waals surface area contributed by atoms with Crippen LogP contribution < -0.4 is 14.4 Å². The largest absolute Gasteiger partial charge is 0.494 e. The Kier molecular flexibility index (Phi) is 8.71. The number of ether oxygens (including phenoxy) is 4. The SMILES string of the molecule is COc1cccc(OC)c1-n1c(CS(=O)(=O)[C@H]2C[C@H](OC(C)C)CN(c3ncc(F)cn3)C2)nnc1[C@@H]1CCCO1. The van der Waals surface area contributed by atoms with Crippen LogP contribution in [0.5, 0.6) is 11.5 Å². The molecule has 0 radical (unpaired) electrons. The zero-order valence-electron chi connectivity index (χ0n) is 23.6. The van der Waals surface area contributed by atoms with Crippen molar-refractivity contribution in [1.29, 1.82) is 0 Å². The van der Waals surface area contributed by atoms with E-state index in [1.165, 1.54) is 14.2 Å². The Morgan fingerprint density at radius 2 is 1.80 bits per heavy atom. The third-order valence-corrected chi connectivity index (χ3v) is 9.18. The molecule has 4 heterocycles. The van der Waals surface area contributed by atoms with E-state index in [1.807, 2.05) is 13.8 Å². The Balaban J connectivity index is 1.52. The van der Waals surface area contributed by atoms with Gasteiger partial charge in [-0.1, -0.05) is 6.07 Å². The molecule has 0 N–H and O–H groups in total. The molecule has 0 saturated carbocycles. The fraction of sp³-hybridized carbons (Fsp3) is 0.556. The van der Waals surface area contributed by atoms with Crippen molar-refractivity contribution in [2.24, 2.45) is 0 Å². The maximum absolute atomic E-state index is 14.1. The van der Waals surface area contributed by atoms with E-state index in [2.05, 4.69) is 20.2 Å². The van der Waals surface area contributed by atoms with Crippen molar-refractivity contribution in [2.75, 3.05) is 38.8 Å². The summed E-state index contributed by atoms with van der Waals surface area (Å²) in [6.45, 7) is 4.87. The molecule has 12 nitrogen and oxygen atoms in total. The number of hydrogen-bond acceptors (Lipinski definition) is 11. The molecule has 3 aromatic rings. The smallest absolute Gasteiger partial charge is 0.225 e. The van der Waals surface area contributed by atoms with Crippen molar-refractivity contribution in [3.05, 3.63) is 48.1 Å². The quantitative estimate of drug-likeness (QED) is 0.345. The van der Waals surface area contributed by atoms with E-state index in [0.717, 1.165) is 25.2 Å². The van der Waals surface area contributed by atoms with Gasteiger partial charge in [0.1, 0.15) is 29.0 Å². The van der Waals surface area contributed by atoms with Crippen LogP contribution in [0.25, 0.3) is 5.69 Å². The van der Waals surface area contributed by atoms with Crippen molar-refractivity contribution in [2.45, 2.75) is 62.4 Å². The van der Waals surface area contributed by atoms with Gasteiger partial charge in [0.15, 0.2) is 27.3 Å². The molecule has 0 aliphatic carbocycles. The molecule has 2 saturated heterocycles. The highest BCUT2D eigenvalue weighted by molar-refractivity contribution is 7.91. The third-order valence-electron chi connectivity index (χ3n) is 7.16. The molecule has 5 rings (SSSR count).